The average Bonchev–Trinajstić information content (AvgIpc) is 2.91. The van der Waals surface area contributed by atoms with Crippen LogP contribution in [0.1, 0.15) is 131 Å². The van der Waals surface area contributed by atoms with Gasteiger partial charge in [0.15, 0.2) is 0 Å². The fourth-order valence-electron chi connectivity index (χ4n) is 5.81. The van der Waals surface area contributed by atoms with Crippen molar-refractivity contribution in [2.24, 2.45) is 11.8 Å². The summed E-state index contributed by atoms with van der Waals surface area (Å²) in [5.74, 6) is 4.27. The quantitative estimate of drug-likeness (QED) is 0.248. The second-order valence-electron chi connectivity index (χ2n) is 13.4. The van der Waals surface area contributed by atoms with Gasteiger partial charge >= 0.3 is 0 Å². The molecule has 0 N–H and O–H groups in total. The molecule has 44 heavy (non-hydrogen) atoms. The molecule has 3 aromatic carbocycles. The van der Waals surface area contributed by atoms with Gasteiger partial charge in [-0.3, -0.25) is 0 Å². The molecule has 0 aromatic heterocycles. The highest BCUT2D eigenvalue weighted by Crippen LogP contribution is 2.25. The van der Waals surface area contributed by atoms with Gasteiger partial charge in [-0.25, -0.2) is 0 Å². The molecule has 0 saturated heterocycles. The van der Waals surface area contributed by atoms with E-state index in [0.29, 0.717) is 17.8 Å². The van der Waals surface area contributed by atoms with Crippen molar-refractivity contribution in [3.63, 3.8) is 0 Å². The van der Waals surface area contributed by atoms with Crippen molar-refractivity contribution in [3.05, 3.63) is 98.1 Å². The molecule has 0 fully saturated rings. The number of ether oxygens (including phenoxy) is 2. The number of hydrogen-bond donors (Lipinski definition) is 0. The van der Waals surface area contributed by atoms with Crippen LogP contribution in [-0.2, 0) is 4.74 Å². The monoisotopic (exact) mass is 624 g/mol. The Balaban J connectivity index is 0.000000564. The van der Waals surface area contributed by atoms with Crippen LogP contribution >= 0.6 is 11.6 Å². The zero-order chi connectivity index (χ0) is 34.1. The number of benzene rings is 3. The van der Waals surface area contributed by atoms with Crippen molar-refractivity contribution in [2.75, 3.05) is 20.8 Å². The van der Waals surface area contributed by atoms with Gasteiger partial charge in [-0.15, -0.1) is 0 Å². The van der Waals surface area contributed by atoms with Crippen molar-refractivity contribution in [2.45, 2.75) is 121 Å². The van der Waals surface area contributed by atoms with Crippen LogP contribution in [0.5, 0.6) is 5.75 Å². The maximum atomic E-state index is 5.82. The van der Waals surface area contributed by atoms with E-state index >= 15 is 0 Å². The SMILES string of the molecule is CCC(COC)C(C)C.COc1ccc(C(C)C)c(C)c1.Cc1cc(C)c(C(C)C)c(C)c1.Cc1cc(Cl)ccc1C(C)C. The molecule has 1 unspecified atom stereocenters. The number of hydrogen-bond acceptors (Lipinski definition) is 2. The number of methoxy groups -OCH3 is 2. The summed E-state index contributed by atoms with van der Waals surface area (Å²) in [4.78, 5) is 0. The molecule has 3 aromatic rings. The number of rotatable bonds is 8. The first kappa shape index (κ1) is 41.7. The largest absolute Gasteiger partial charge is 0.497 e. The standard InChI is InChI=1S/C12H18.C11H16O.C10H13Cl.C8H18O/c1-8(2)12-10(4)6-9(3)7-11(12)5;1-8(2)11-6-5-10(12-4)7-9(11)3;1-7(2)10-5-4-9(11)6-8(10)3;1-5-8(6-9-4)7(2)3/h6-8H,1-5H3;5-8H,1-4H3;4-7H,1-3H3;7-8H,5-6H2,1-4H3. The van der Waals surface area contributed by atoms with E-state index in [4.69, 9.17) is 21.1 Å². The Morgan fingerprint density at radius 3 is 1.41 bits per heavy atom. The van der Waals surface area contributed by atoms with E-state index in [1.54, 1.807) is 14.2 Å². The molecule has 3 rings (SSSR count). The van der Waals surface area contributed by atoms with Crippen LogP contribution < -0.4 is 4.74 Å². The lowest BCUT2D eigenvalue weighted by molar-refractivity contribution is 0.127. The van der Waals surface area contributed by atoms with Crippen LogP contribution in [0, 0.1) is 46.5 Å². The summed E-state index contributed by atoms with van der Waals surface area (Å²) in [6.45, 7) is 31.7. The van der Waals surface area contributed by atoms with Gasteiger partial charge in [0, 0.05) is 18.7 Å². The number of aryl methyl sites for hydroxylation is 5. The fraction of sp³-hybridized carbons (Fsp3) is 0.561. The minimum atomic E-state index is 0.590. The third-order valence-corrected chi connectivity index (χ3v) is 8.35. The third-order valence-electron chi connectivity index (χ3n) is 8.12. The van der Waals surface area contributed by atoms with Crippen LogP contribution in [0.25, 0.3) is 0 Å². The summed E-state index contributed by atoms with van der Waals surface area (Å²) >= 11 is 5.82. The molecule has 248 valence electrons. The second kappa shape index (κ2) is 21.4. The Labute approximate surface area is 277 Å². The first-order chi connectivity index (χ1) is 20.5. The predicted molar refractivity (Wildman–Crippen MR) is 197 cm³/mol. The topological polar surface area (TPSA) is 18.5 Å². The normalized spacial score (nSPS) is 11.4. The lowest BCUT2D eigenvalue weighted by Gasteiger charge is -2.16. The minimum Gasteiger partial charge on any atom is -0.497 e. The summed E-state index contributed by atoms with van der Waals surface area (Å²) in [5.41, 5.74) is 11.1. The van der Waals surface area contributed by atoms with Crippen molar-refractivity contribution in [1.29, 1.82) is 0 Å². The molecule has 1 atom stereocenters. The van der Waals surface area contributed by atoms with Gasteiger partial charge in [0.2, 0.25) is 0 Å². The molecule has 0 spiro atoms. The van der Waals surface area contributed by atoms with E-state index in [1.807, 2.05) is 18.2 Å². The Kier molecular flexibility index (Phi) is 20.3. The van der Waals surface area contributed by atoms with E-state index in [0.717, 1.165) is 29.2 Å². The molecule has 0 saturated carbocycles. The van der Waals surface area contributed by atoms with Gasteiger partial charge in [-0.05, 0) is 127 Å². The Morgan fingerprint density at radius 1 is 0.614 bits per heavy atom. The molecule has 0 amide bonds. The lowest BCUT2D eigenvalue weighted by atomic mass is 9.92. The van der Waals surface area contributed by atoms with Gasteiger partial charge in [-0.1, -0.05) is 110 Å². The molecule has 0 aliphatic heterocycles. The highest BCUT2D eigenvalue weighted by Gasteiger charge is 2.09. The zero-order valence-corrected chi connectivity index (χ0v) is 31.9. The van der Waals surface area contributed by atoms with Crippen LogP contribution in [-0.4, -0.2) is 20.8 Å². The minimum absolute atomic E-state index is 0.590. The fourth-order valence-corrected chi connectivity index (χ4v) is 6.03. The van der Waals surface area contributed by atoms with Crippen molar-refractivity contribution < 1.29 is 9.47 Å². The summed E-state index contributed by atoms with van der Waals surface area (Å²) in [6.07, 6.45) is 1.23. The zero-order valence-electron chi connectivity index (χ0n) is 31.1. The summed E-state index contributed by atoms with van der Waals surface area (Å²) in [6, 6.07) is 16.8. The van der Waals surface area contributed by atoms with Crippen LogP contribution in [0.3, 0.4) is 0 Å². The summed E-state index contributed by atoms with van der Waals surface area (Å²) in [7, 11) is 3.47. The molecule has 0 radical (unpaired) electrons. The Bertz CT molecular complexity index is 1200. The highest BCUT2D eigenvalue weighted by atomic mass is 35.5. The lowest BCUT2D eigenvalue weighted by Crippen LogP contribution is -2.13. The maximum Gasteiger partial charge on any atom is 0.119 e. The van der Waals surface area contributed by atoms with Crippen LogP contribution in [0.2, 0.25) is 5.02 Å². The molecule has 0 aliphatic carbocycles. The first-order valence-electron chi connectivity index (χ1n) is 16.5. The average molecular weight is 625 g/mol. The molecular formula is C41H65ClO2. The summed E-state index contributed by atoms with van der Waals surface area (Å²) in [5, 5.41) is 0.826. The third kappa shape index (κ3) is 15.1. The van der Waals surface area contributed by atoms with Crippen LogP contribution in [0.15, 0.2) is 48.5 Å². The highest BCUT2D eigenvalue weighted by molar-refractivity contribution is 6.30. The van der Waals surface area contributed by atoms with Gasteiger partial charge in [-0.2, -0.15) is 0 Å². The molecule has 0 heterocycles. The van der Waals surface area contributed by atoms with Gasteiger partial charge < -0.3 is 9.47 Å². The molecule has 2 nitrogen and oxygen atoms in total. The van der Waals surface area contributed by atoms with E-state index in [9.17, 15) is 0 Å². The second-order valence-corrected chi connectivity index (χ2v) is 13.8. The smallest absolute Gasteiger partial charge is 0.119 e. The van der Waals surface area contributed by atoms with Gasteiger partial charge in [0.25, 0.3) is 0 Å². The predicted octanol–water partition coefficient (Wildman–Crippen LogP) is 12.9. The van der Waals surface area contributed by atoms with Crippen LogP contribution in [0.4, 0.5) is 0 Å². The van der Waals surface area contributed by atoms with Gasteiger partial charge in [0.1, 0.15) is 5.75 Å². The molecular weight excluding hydrogens is 560 g/mol. The van der Waals surface area contributed by atoms with E-state index in [2.05, 4.69) is 127 Å². The Morgan fingerprint density at radius 2 is 1.09 bits per heavy atom. The maximum absolute atomic E-state index is 5.82. The molecule has 0 aliphatic rings. The van der Waals surface area contributed by atoms with E-state index in [1.165, 1.54) is 50.9 Å². The van der Waals surface area contributed by atoms with E-state index in [-0.39, 0.29) is 0 Å². The summed E-state index contributed by atoms with van der Waals surface area (Å²) < 4.78 is 10.2. The van der Waals surface area contributed by atoms with Crippen molar-refractivity contribution >= 4 is 11.6 Å². The Hall–Kier alpha value is -2.29. The first-order valence-corrected chi connectivity index (χ1v) is 16.8. The van der Waals surface area contributed by atoms with E-state index < -0.39 is 0 Å². The molecule has 0 bridgehead atoms. The number of halogens is 1. The van der Waals surface area contributed by atoms with Crippen molar-refractivity contribution in [1.82, 2.24) is 0 Å². The molecule has 3 heteroatoms. The van der Waals surface area contributed by atoms with Crippen molar-refractivity contribution in [3.8, 4) is 5.75 Å². The van der Waals surface area contributed by atoms with Gasteiger partial charge in [0.05, 0.1) is 7.11 Å².